The molecular weight excluding hydrogens is 308 g/mol. The molecule has 4 rings (SSSR count). The van der Waals surface area contributed by atoms with Crippen LogP contribution in [0.5, 0.6) is 0 Å². The van der Waals surface area contributed by atoms with Crippen LogP contribution in [0.15, 0.2) is 24.3 Å². The van der Waals surface area contributed by atoms with Crippen molar-refractivity contribution in [3.63, 3.8) is 0 Å². The van der Waals surface area contributed by atoms with Crippen LogP contribution in [0.1, 0.15) is 29.8 Å². The van der Waals surface area contributed by atoms with Crippen molar-refractivity contribution in [1.29, 1.82) is 0 Å². The largest absolute Gasteiger partial charge is 0.353 e. The molecule has 6 heteroatoms. The van der Waals surface area contributed by atoms with Crippen LogP contribution in [-0.4, -0.2) is 21.1 Å². The van der Waals surface area contributed by atoms with Crippen LogP contribution in [0.3, 0.4) is 0 Å². The molecule has 0 radical (unpaired) electrons. The number of hydrogen-bond donors (Lipinski definition) is 2. The van der Waals surface area contributed by atoms with E-state index in [1.165, 1.54) is 28.7 Å². The number of amides is 1. The summed E-state index contributed by atoms with van der Waals surface area (Å²) >= 11 is 1.52. The van der Waals surface area contributed by atoms with Crippen molar-refractivity contribution in [3.05, 3.63) is 34.8 Å². The van der Waals surface area contributed by atoms with Crippen molar-refractivity contribution in [2.75, 3.05) is 0 Å². The SMILES string of the molecule is Cc1cccc2[nH]c(-c3nnc(CNC(=O)C4CCC4)s3)cc12. The summed E-state index contributed by atoms with van der Waals surface area (Å²) in [6.45, 7) is 2.56. The van der Waals surface area contributed by atoms with Gasteiger partial charge in [0.2, 0.25) is 5.91 Å². The standard InChI is InChI=1S/C17H18N4OS/c1-10-4-2-7-13-12(10)8-14(19-13)17-21-20-15(23-17)9-18-16(22)11-5-3-6-11/h2,4,7-8,11,19H,3,5-6,9H2,1H3,(H,18,22). The van der Waals surface area contributed by atoms with Gasteiger partial charge in [0, 0.05) is 16.8 Å². The van der Waals surface area contributed by atoms with Gasteiger partial charge >= 0.3 is 0 Å². The van der Waals surface area contributed by atoms with Gasteiger partial charge in [-0.25, -0.2) is 0 Å². The number of fused-ring (bicyclic) bond motifs is 1. The number of aryl methyl sites for hydroxylation is 1. The summed E-state index contributed by atoms with van der Waals surface area (Å²) in [5.41, 5.74) is 3.32. The number of nitrogens with zero attached hydrogens (tertiary/aromatic N) is 2. The van der Waals surface area contributed by atoms with Crippen LogP contribution in [0, 0.1) is 12.8 Å². The molecule has 1 aliphatic carbocycles. The minimum absolute atomic E-state index is 0.147. The Labute approximate surface area is 138 Å². The van der Waals surface area contributed by atoms with E-state index >= 15 is 0 Å². The summed E-state index contributed by atoms with van der Waals surface area (Å²) in [5, 5.41) is 14.3. The first-order valence-electron chi connectivity index (χ1n) is 7.89. The van der Waals surface area contributed by atoms with Crippen LogP contribution in [0.25, 0.3) is 21.6 Å². The van der Waals surface area contributed by atoms with E-state index in [2.05, 4.69) is 45.6 Å². The first-order chi connectivity index (χ1) is 11.2. The van der Waals surface area contributed by atoms with Crippen molar-refractivity contribution < 1.29 is 4.79 Å². The zero-order valence-corrected chi connectivity index (χ0v) is 13.7. The van der Waals surface area contributed by atoms with E-state index in [-0.39, 0.29) is 11.8 Å². The highest BCUT2D eigenvalue weighted by Gasteiger charge is 2.25. The predicted molar refractivity (Wildman–Crippen MR) is 91.1 cm³/mol. The summed E-state index contributed by atoms with van der Waals surface area (Å²) in [6, 6.07) is 8.31. The Morgan fingerprint density at radius 1 is 1.39 bits per heavy atom. The van der Waals surface area contributed by atoms with Gasteiger partial charge in [0.25, 0.3) is 0 Å². The molecular formula is C17H18N4OS. The molecule has 0 bridgehead atoms. The van der Waals surface area contributed by atoms with Gasteiger partial charge in [-0.05, 0) is 37.5 Å². The van der Waals surface area contributed by atoms with Crippen LogP contribution >= 0.6 is 11.3 Å². The fourth-order valence-corrected chi connectivity index (χ4v) is 3.58. The third-order valence-electron chi connectivity index (χ3n) is 4.47. The normalized spacial score (nSPS) is 14.8. The maximum atomic E-state index is 11.9. The molecule has 0 unspecified atom stereocenters. The Morgan fingerprint density at radius 2 is 2.26 bits per heavy atom. The van der Waals surface area contributed by atoms with E-state index in [9.17, 15) is 4.79 Å². The Hall–Kier alpha value is -2.21. The number of aromatic nitrogens is 3. The zero-order chi connectivity index (χ0) is 15.8. The number of nitrogens with one attached hydrogen (secondary N) is 2. The fraction of sp³-hybridized carbons (Fsp3) is 0.353. The monoisotopic (exact) mass is 326 g/mol. The second-order valence-corrected chi connectivity index (χ2v) is 7.13. The van der Waals surface area contributed by atoms with Gasteiger partial charge in [-0.2, -0.15) is 0 Å². The minimum Gasteiger partial charge on any atom is -0.353 e. The van der Waals surface area contributed by atoms with E-state index in [4.69, 9.17) is 0 Å². The topological polar surface area (TPSA) is 70.7 Å². The van der Waals surface area contributed by atoms with E-state index in [0.29, 0.717) is 6.54 Å². The lowest BCUT2D eigenvalue weighted by Gasteiger charge is -2.23. The van der Waals surface area contributed by atoms with Crippen molar-refractivity contribution in [3.8, 4) is 10.7 Å². The van der Waals surface area contributed by atoms with Crippen molar-refractivity contribution in [1.82, 2.24) is 20.5 Å². The first kappa shape index (κ1) is 14.4. The zero-order valence-electron chi connectivity index (χ0n) is 12.9. The lowest BCUT2D eigenvalue weighted by Crippen LogP contribution is -2.33. The molecule has 118 valence electrons. The highest BCUT2D eigenvalue weighted by molar-refractivity contribution is 7.14. The third kappa shape index (κ3) is 2.74. The highest BCUT2D eigenvalue weighted by Crippen LogP contribution is 2.29. The number of aromatic amines is 1. The van der Waals surface area contributed by atoms with Crippen LogP contribution in [0.4, 0.5) is 0 Å². The molecule has 2 heterocycles. The van der Waals surface area contributed by atoms with E-state index < -0.39 is 0 Å². The molecule has 1 saturated carbocycles. The van der Waals surface area contributed by atoms with Gasteiger partial charge in [0.05, 0.1) is 12.2 Å². The molecule has 0 spiro atoms. The minimum atomic E-state index is 0.147. The summed E-state index contributed by atoms with van der Waals surface area (Å²) in [6.07, 6.45) is 3.20. The molecule has 0 aliphatic heterocycles. The van der Waals surface area contributed by atoms with Gasteiger partial charge in [-0.15, -0.1) is 10.2 Å². The van der Waals surface area contributed by atoms with Crippen molar-refractivity contribution in [2.24, 2.45) is 5.92 Å². The van der Waals surface area contributed by atoms with Crippen molar-refractivity contribution >= 4 is 28.1 Å². The quantitative estimate of drug-likeness (QED) is 0.772. The molecule has 0 atom stereocenters. The molecule has 0 saturated heterocycles. The smallest absolute Gasteiger partial charge is 0.223 e. The Kier molecular flexibility index (Phi) is 3.61. The van der Waals surface area contributed by atoms with E-state index in [1.54, 1.807) is 0 Å². The number of carbonyl (C=O) groups is 1. The molecule has 23 heavy (non-hydrogen) atoms. The summed E-state index contributed by atoms with van der Waals surface area (Å²) in [5.74, 6) is 0.355. The van der Waals surface area contributed by atoms with Gasteiger partial charge in [-0.3, -0.25) is 4.79 Å². The number of rotatable bonds is 4. The molecule has 1 aliphatic rings. The van der Waals surface area contributed by atoms with Gasteiger partial charge in [0.15, 0.2) is 5.01 Å². The Bertz CT molecular complexity index is 862. The molecule has 2 aromatic heterocycles. The highest BCUT2D eigenvalue weighted by atomic mass is 32.1. The average molecular weight is 326 g/mol. The number of H-pyrrole nitrogens is 1. The summed E-state index contributed by atoms with van der Waals surface area (Å²) < 4.78 is 0. The first-order valence-corrected chi connectivity index (χ1v) is 8.71. The predicted octanol–water partition coefficient (Wildman–Crippen LogP) is 3.41. The average Bonchev–Trinajstić information content (AvgIpc) is 3.10. The maximum Gasteiger partial charge on any atom is 0.223 e. The van der Waals surface area contributed by atoms with E-state index in [1.807, 2.05) is 6.07 Å². The third-order valence-corrected chi connectivity index (χ3v) is 5.43. The number of benzene rings is 1. The Balaban J connectivity index is 1.50. The second-order valence-electron chi connectivity index (χ2n) is 6.07. The Morgan fingerprint density at radius 3 is 3.00 bits per heavy atom. The molecule has 1 amide bonds. The lowest BCUT2D eigenvalue weighted by atomic mass is 9.85. The van der Waals surface area contributed by atoms with Crippen LogP contribution < -0.4 is 5.32 Å². The van der Waals surface area contributed by atoms with Gasteiger partial charge in [0.1, 0.15) is 5.01 Å². The molecule has 5 nitrogen and oxygen atoms in total. The van der Waals surface area contributed by atoms with Crippen LogP contribution in [0.2, 0.25) is 0 Å². The molecule has 1 fully saturated rings. The van der Waals surface area contributed by atoms with Crippen LogP contribution in [-0.2, 0) is 11.3 Å². The van der Waals surface area contributed by atoms with Crippen molar-refractivity contribution in [2.45, 2.75) is 32.7 Å². The van der Waals surface area contributed by atoms with Gasteiger partial charge in [-0.1, -0.05) is 29.9 Å². The number of hydrogen-bond acceptors (Lipinski definition) is 4. The molecule has 2 N–H and O–H groups in total. The molecule has 3 aromatic rings. The molecule has 1 aromatic carbocycles. The fourth-order valence-electron chi connectivity index (χ4n) is 2.83. The lowest BCUT2D eigenvalue weighted by molar-refractivity contribution is -0.127. The van der Waals surface area contributed by atoms with Gasteiger partial charge < -0.3 is 10.3 Å². The van der Waals surface area contributed by atoms with E-state index in [0.717, 1.165) is 34.1 Å². The summed E-state index contributed by atoms with van der Waals surface area (Å²) in [4.78, 5) is 15.3. The number of carbonyl (C=O) groups excluding carboxylic acids is 1. The second kappa shape index (κ2) is 5.77. The summed E-state index contributed by atoms with van der Waals surface area (Å²) in [7, 11) is 0. The maximum absolute atomic E-state index is 11.9.